The molecular weight excluding hydrogens is 322 g/mol. The normalized spacial score (nSPS) is 10.9. The van der Waals surface area contributed by atoms with Crippen LogP contribution in [-0.4, -0.2) is 15.9 Å². The van der Waals surface area contributed by atoms with Crippen LogP contribution in [0.3, 0.4) is 0 Å². The number of nitrogens with zero attached hydrogens (tertiary/aromatic N) is 2. The maximum Gasteiger partial charge on any atom is 0.259 e. The molecule has 0 bridgehead atoms. The van der Waals surface area contributed by atoms with Gasteiger partial charge in [0, 0.05) is 17.1 Å². The zero-order chi connectivity index (χ0) is 16.5. The Morgan fingerprint density at radius 1 is 1.17 bits per heavy atom. The number of carbonyl (C=O) groups excluding carboxylic acids is 1. The first-order valence-electron chi connectivity index (χ1n) is 7.39. The molecule has 4 aromatic rings. The van der Waals surface area contributed by atoms with Crippen molar-refractivity contribution in [1.82, 2.24) is 9.97 Å². The molecule has 0 unspecified atom stereocenters. The molecule has 2 heterocycles. The average molecular weight is 335 g/mol. The zero-order valence-corrected chi connectivity index (χ0v) is 13.6. The second kappa shape index (κ2) is 5.90. The second-order valence-corrected chi connectivity index (χ2v) is 6.17. The van der Waals surface area contributed by atoms with E-state index in [1.54, 1.807) is 18.3 Å². The third-order valence-corrected chi connectivity index (χ3v) is 4.38. The smallest absolute Gasteiger partial charge is 0.259 e. The Kier molecular flexibility index (Phi) is 3.59. The monoisotopic (exact) mass is 335 g/mol. The van der Waals surface area contributed by atoms with Crippen LogP contribution >= 0.6 is 11.3 Å². The number of amides is 1. The molecule has 4 rings (SSSR count). The number of oxazole rings is 1. The number of carbonyl (C=O) groups is 1. The minimum atomic E-state index is -0.250. The van der Waals surface area contributed by atoms with Crippen molar-refractivity contribution in [2.24, 2.45) is 0 Å². The summed E-state index contributed by atoms with van der Waals surface area (Å²) in [7, 11) is 0. The Morgan fingerprint density at radius 2 is 2.04 bits per heavy atom. The number of thiazole rings is 1. The lowest BCUT2D eigenvalue weighted by molar-refractivity contribution is 0.102. The van der Waals surface area contributed by atoms with Crippen LogP contribution in [0.25, 0.3) is 22.6 Å². The molecule has 0 saturated heterocycles. The van der Waals surface area contributed by atoms with Crippen molar-refractivity contribution in [1.29, 1.82) is 0 Å². The lowest BCUT2D eigenvalue weighted by Gasteiger charge is -2.01. The van der Waals surface area contributed by atoms with E-state index in [-0.39, 0.29) is 5.91 Å². The van der Waals surface area contributed by atoms with Gasteiger partial charge in [-0.15, -0.1) is 11.3 Å². The summed E-state index contributed by atoms with van der Waals surface area (Å²) >= 11 is 1.37. The highest BCUT2D eigenvalue weighted by Crippen LogP contribution is 2.28. The van der Waals surface area contributed by atoms with Gasteiger partial charge in [-0.1, -0.05) is 24.3 Å². The molecule has 0 fully saturated rings. The highest BCUT2D eigenvalue weighted by Gasteiger charge is 2.17. The Bertz CT molecular complexity index is 1020. The maximum absolute atomic E-state index is 12.5. The number of rotatable bonds is 3. The minimum absolute atomic E-state index is 0.250. The Hall–Kier alpha value is -2.99. The van der Waals surface area contributed by atoms with E-state index in [4.69, 9.17) is 4.42 Å². The molecule has 0 atom stereocenters. The van der Waals surface area contributed by atoms with Gasteiger partial charge in [-0.05, 0) is 30.7 Å². The van der Waals surface area contributed by atoms with Crippen LogP contribution in [-0.2, 0) is 0 Å². The molecule has 1 amide bonds. The molecule has 5 nitrogen and oxygen atoms in total. The van der Waals surface area contributed by atoms with Crippen molar-refractivity contribution in [3.05, 3.63) is 65.2 Å². The predicted octanol–water partition coefficient (Wildman–Crippen LogP) is 4.51. The van der Waals surface area contributed by atoms with Gasteiger partial charge in [0.05, 0.1) is 5.56 Å². The number of aromatic nitrogens is 2. The summed E-state index contributed by atoms with van der Waals surface area (Å²) in [4.78, 5) is 21.1. The molecule has 118 valence electrons. The van der Waals surface area contributed by atoms with E-state index in [9.17, 15) is 4.79 Å². The number of anilines is 1. The van der Waals surface area contributed by atoms with Gasteiger partial charge in [0.1, 0.15) is 5.52 Å². The van der Waals surface area contributed by atoms with E-state index in [0.717, 1.165) is 11.1 Å². The molecule has 6 heteroatoms. The molecule has 0 radical (unpaired) electrons. The van der Waals surface area contributed by atoms with Gasteiger partial charge < -0.3 is 4.42 Å². The summed E-state index contributed by atoms with van der Waals surface area (Å²) in [6, 6.07) is 13.2. The summed E-state index contributed by atoms with van der Waals surface area (Å²) in [5.74, 6) is 0.262. The number of hydrogen-bond donors (Lipinski definition) is 1. The maximum atomic E-state index is 12.5. The number of hydrogen-bond acceptors (Lipinski definition) is 5. The fraction of sp³-hybridized carbons (Fsp3) is 0.0556. The van der Waals surface area contributed by atoms with Crippen LogP contribution in [0.15, 0.2) is 58.5 Å². The third kappa shape index (κ3) is 2.57. The lowest BCUT2D eigenvalue weighted by atomic mass is 10.1. The Labute approximate surface area is 142 Å². The van der Waals surface area contributed by atoms with Crippen LogP contribution in [0, 0.1) is 6.92 Å². The molecule has 24 heavy (non-hydrogen) atoms. The first kappa shape index (κ1) is 14.6. The van der Waals surface area contributed by atoms with Crippen LogP contribution in [0.2, 0.25) is 0 Å². The minimum Gasteiger partial charge on any atom is -0.436 e. The summed E-state index contributed by atoms with van der Waals surface area (Å²) in [6.07, 6.45) is 1.65. The molecule has 0 spiro atoms. The summed E-state index contributed by atoms with van der Waals surface area (Å²) in [6.45, 7) is 2.00. The summed E-state index contributed by atoms with van der Waals surface area (Å²) in [5, 5.41) is 5.14. The molecule has 2 aromatic heterocycles. The van der Waals surface area contributed by atoms with Crippen LogP contribution < -0.4 is 5.32 Å². The van der Waals surface area contributed by atoms with E-state index < -0.39 is 0 Å². The molecule has 1 N–H and O–H groups in total. The van der Waals surface area contributed by atoms with Gasteiger partial charge in [0.25, 0.3) is 5.91 Å². The standard InChI is InChI=1S/C18H13N3O2S/c1-11-5-2-3-6-12(11)17-20-15-13(7-4-8-14(15)23-17)16(22)21-18-19-9-10-24-18/h2-10H,1H3,(H,19,21,22). The first-order valence-corrected chi connectivity index (χ1v) is 8.27. The Morgan fingerprint density at radius 3 is 2.83 bits per heavy atom. The van der Waals surface area contributed by atoms with Gasteiger partial charge in [-0.2, -0.15) is 0 Å². The van der Waals surface area contributed by atoms with Gasteiger partial charge in [-0.3, -0.25) is 10.1 Å². The number of para-hydroxylation sites is 1. The van der Waals surface area contributed by atoms with Crippen molar-refractivity contribution in [3.63, 3.8) is 0 Å². The summed E-state index contributed by atoms with van der Waals surface area (Å²) in [5.41, 5.74) is 3.58. The van der Waals surface area contributed by atoms with Crippen LogP contribution in [0.5, 0.6) is 0 Å². The Balaban J connectivity index is 1.78. The molecule has 2 aromatic carbocycles. The van der Waals surface area contributed by atoms with E-state index >= 15 is 0 Å². The predicted molar refractivity (Wildman–Crippen MR) is 94.2 cm³/mol. The number of aryl methyl sites for hydroxylation is 1. The second-order valence-electron chi connectivity index (χ2n) is 5.28. The van der Waals surface area contributed by atoms with Gasteiger partial charge in [-0.25, -0.2) is 9.97 Å². The highest BCUT2D eigenvalue weighted by atomic mass is 32.1. The van der Waals surface area contributed by atoms with E-state index in [0.29, 0.717) is 27.7 Å². The SMILES string of the molecule is Cc1ccccc1-c1nc2c(C(=O)Nc3nccs3)cccc2o1. The van der Waals surface area contributed by atoms with E-state index in [1.807, 2.05) is 42.6 Å². The molecular formula is C18H13N3O2S. The van der Waals surface area contributed by atoms with E-state index in [1.165, 1.54) is 11.3 Å². The quantitative estimate of drug-likeness (QED) is 0.598. The average Bonchev–Trinajstić information content (AvgIpc) is 3.23. The molecule has 0 saturated carbocycles. The first-order chi connectivity index (χ1) is 11.7. The largest absolute Gasteiger partial charge is 0.436 e. The number of benzene rings is 2. The number of nitrogens with one attached hydrogen (secondary N) is 1. The van der Waals surface area contributed by atoms with E-state index in [2.05, 4.69) is 15.3 Å². The van der Waals surface area contributed by atoms with Crippen molar-refractivity contribution in [2.45, 2.75) is 6.92 Å². The van der Waals surface area contributed by atoms with Crippen LogP contribution in [0.1, 0.15) is 15.9 Å². The van der Waals surface area contributed by atoms with Crippen LogP contribution in [0.4, 0.5) is 5.13 Å². The lowest BCUT2D eigenvalue weighted by Crippen LogP contribution is -2.12. The molecule has 0 aliphatic carbocycles. The topological polar surface area (TPSA) is 68.0 Å². The van der Waals surface area contributed by atoms with Crippen molar-refractivity contribution < 1.29 is 9.21 Å². The fourth-order valence-electron chi connectivity index (χ4n) is 2.51. The van der Waals surface area contributed by atoms with Gasteiger partial charge >= 0.3 is 0 Å². The number of fused-ring (bicyclic) bond motifs is 1. The zero-order valence-electron chi connectivity index (χ0n) is 12.8. The molecule has 0 aliphatic rings. The molecule has 0 aliphatic heterocycles. The fourth-order valence-corrected chi connectivity index (χ4v) is 3.03. The summed E-state index contributed by atoms with van der Waals surface area (Å²) < 4.78 is 5.86. The van der Waals surface area contributed by atoms with Gasteiger partial charge in [0.2, 0.25) is 5.89 Å². The van der Waals surface area contributed by atoms with Crippen molar-refractivity contribution >= 4 is 33.5 Å². The third-order valence-electron chi connectivity index (χ3n) is 3.69. The highest BCUT2D eigenvalue weighted by molar-refractivity contribution is 7.13. The van der Waals surface area contributed by atoms with Crippen molar-refractivity contribution in [2.75, 3.05) is 5.32 Å². The van der Waals surface area contributed by atoms with Gasteiger partial charge in [0.15, 0.2) is 10.7 Å². The van der Waals surface area contributed by atoms with Crippen molar-refractivity contribution in [3.8, 4) is 11.5 Å².